The number of piperidine rings is 1. The predicted octanol–water partition coefficient (Wildman–Crippen LogP) is 3.47. The van der Waals surface area contributed by atoms with E-state index in [0.29, 0.717) is 30.8 Å². The van der Waals surface area contributed by atoms with Crippen molar-refractivity contribution >= 4 is 31.2 Å². The lowest BCUT2D eigenvalue weighted by Crippen LogP contribution is -2.36. The highest BCUT2D eigenvalue weighted by Crippen LogP contribution is 2.32. The van der Waals surface area contributed by atoms with Crippen LogP contribution in [0.5, 0.6) is 0 Å². The van der Waals surface area contributed by atoms with Gasteiger partial charge in [0.2, 0.25) is 5.95 Å². The summed E-state index contributed by atoms with van der Waals surface area (Å²) in [6.45, 7) is 1.71. The van der Waals surface area contributed by atoms with E-state index in [1.54, 1.807) is 12.1 Å². The molecule has 200 valence electrons. The molecule has 4 rings (SSSR count). The van der Waals surface area contributed by atoms with Crippen molar-refractivity contribution in [2.24, 2.45) is 0 Å². The van der Waals surface area contributed by atoms with E-state index in [1.165, 1.54) is 13.3 Å². The topological polar surface area (TPSA) is 97.3 Å². The maximum Gasteiger partial charge on any atom is 0.420 e. The number of aromatic nitrogens is 3. The van der Waals surface area contributed by atoms with Crippen LogP contribution in [0.3, 0.4) is 0 Å². The number of alkyl halides is 3. The van der Waals surface area contributed by atoms with Gasteiger partial charge < -0.3 is 19.7 Å². The number of ether oxygens (including phenoxy) is 1. The first-order valence-electron chi connectivity index (χ1n) is 12.3. The molecule has 8 nitrogen and oxygen atoms in total. The monoisotopic (exact) mass is 535 g/mol. The molecule has 0 radical (unpaired) electrons. The Kier molecular flexibility index (Phi) is 8.94. The summed E-state index contributed by atoms with van der Waals surface area (Å²) in [5.74, 6) is 4.87. The standard InChI is InChI=1S/C27H25BF3N5O3/c1-39-25(38)15-20-3-2-12-32-23(20)8-9-24-22(27(29,30)31)16-33-26(35-24)34-21-6-4-18(5-7-21)19-10-13-36(14-11-19)28-17-37/h2-7,12,16-17,19,28H,10-11,13-15H2,1H3,(H,33,34,35). The van der Waals surface area contributed by atoms with Crippen LogP contribution in [0.2, 0.25) is 0 Å². The number of hydrogen-bond acceptors (Lipinski definition) is 8. The van der Waals surface area contributed by atoms with E-state index in [0.717, 1.165) is 37.7 Å². The van der Waals surface area contributed by atoms with Crippen LogP contribution in [-0.2, 0) is 26.9 Å². The van der Waals surface area contributed by atoms with E-state index in [1.807, 2.05) is 24.3 Å². The smallest absolute Gasteiger partial charge is 0.420 e. The van der Waals surface area contributed by atoms with Crippen LogP contribution in [0.4, 0.5) is 24.8 Å². The predicted molar refractivity (Wildman–Crippen MR) is 140 cm³/mol. The molecule has 1 fully saturated rings. The molecule has 3 heterocycles. The van der Waals surface area contributed by atoms with E-state index in [4.69, 9.17) is 0 Å². The molecular weight excluding hydrogens is 510 g/mol. The molecule has 12 heteroatoms. The molecule has 3 aromatic rings. The number of carbonyl (C=O) groups is 2. The fraction of sp³-hybridized carbons (Fsp3) is 0.296. The van der Waals surface area contributed by atoms with E-state index in [-0.39, 0.29) is 18.1 Å². The van der Waals surface area contributed by atoms with Crippen LogP contribution in [0, 0.1) is 11.8 Å². The summed E-state index contributed by atoms with van der Waals surface area (Å²) >= 11 is 0. The summed E-state index contributed by atoms with van der Waals surface area (Å²) in [6.07, 6.45) is 0.0945. The average Bonchev–Trinajstić information content (AvgIpc) is 2.93. The lowest BCUT2D eigenvalue weighted by molar-refractivity contribution is -0.140. The SMILES string of the molecule is COC(=O)Cc1cccnc1C#Cc1nc(Nc2ccc(C3CCN(BC=O)CC3)cc2)ncc1C(F)(F)F. The molecule has 39 heavy (non-hydrogen) atoms. The summed E-state index contributed by atoms with van der Waals surface area (Å²) in [4.78, 5) is 36.5. The maximum atomic E-state index is 13.7. The number of carbonyl (C=O) groups excluding carboxylic acids is 2. The molecule has 0 bridgehead atoms. The van der Waals surface area contributed by atoms with Gasteiger partial charge >= 0.3 is 12.1 Å². The Morgan fingerprint density at radius 3 is 2.54 bits per heavy atom. The van der Waals surface area contributed by atoms with E-state index < -0.39 is 23.4 Å². The molecule has 1 aliphatic heterocycles. The second-order valence-electron chi connectivity index (χ2n) is 8.96. The van der Waals surface area contributed by atoms with Crippen molar-refractivity contribution in [3.63, 3.8) is 0 Å². The fourth-order valence-corrected chi connectivity index (χ4v) is 4.31. The molecule has 0 unspecified atom stereocenters. The second kappa shape index (κ2) is 12.5. The normalized spacial score (nSPS) is 14.2. The summed E-state index contributed by atoms with van der Waals surface area (Å²) in [5, 5.41) is 2.94. The number of nitrogens with zero attached hydrogens (tertiary/aromatic N) is 4. The zero-order chi connectivity index (χ0) is 27.8. The zero-order valence-electron chi connectivity index (χ0n) is 21.2. The summed E-state index contributed by atoms with van der Waals surface area (Å²) in [7, 11) is 1.69. The molecule has 0 saturated carbocycles. The van der Waals surface area contributed by atoms with E-state index in [2.05, 4.69) is 41.7 Å². The average molecular weight is 535 g/mol. The molecular formula is C27H25BF3N5O3. The second-order valence-corrected chi connectivity index (χ2v) is 8.96. The first kappa shape index (κ1) is 27.8. The van der Waals surface area contributed by atoms with Crippen molar-refractivity contribution < 1.29 is 27.5 Å². The van der Waals surface area contributed by atoms with Crippen molar-refractivity contribution in [3.8, 4) is 11.8 Å². The van der Waals surface area contributed by atoms with Gasteiger partial charge in [0.05, 0.1) is 19.7 Å². The minimum absolute atomic E-state index is 0.0435. The molecule has 1 N–H and O–H groups in total. The summed E-state index contributed by atoms with van der Waals surface area (Å²) in [6, 6.07) is 10.8. The highest BCUT2D eigenvalue weighted by atomic mass is 19.4. The van der Waals surface area contributed by atoms with Crippen LogP contribution in [0.25, 0.3) is 0 Å². The summed E-state index contributed by atoms with van der Waals surface area (Å²) in [5.41, 5.74) is 0.741. The Balaban J connectivity index is 1.53. The van der Waals surface area contributed by atoms with Gasteiger partial charge in [0.1, 0.15) is 17.0 Å². The molecule has 0 spiro atoms. The summed E-state index contributed by atoms with van der Waals surface area (Å²) < 4.78 is 45.6. The Morgan fingerprint density at radius 1 is 1.15 bits per heavy atom. The third kappa shape index (κ3) is 7.42. The highest BCUT2D eigenvalue weighted by molar-refractivity contribution is 6.64. The third-order valence-electron chi connectivity index (χ3n) is 6.41. The van der Waals surface area contributed by atoms with Crippen molar-refractivity contribution in [1.29, 1.82) is 0 Å². The van der Waals surface area contributed by atoms with Gasteiger partial charge in [-0.3, -0.25) is 4.79 Å². The lowest BCUT2D eigenvalue weighted by Gasteiger charge is -2.30. The Hall–Kier alpha value is -4.24. The molecule has 2 aromatic heterocycles. The van der Waals surface area contributed by atoms with Crippen molar-refractivity contribution in [1.82, 2.24) is 19.8 Å². The first-order valence-corrected chi connectivity index (χ1v) is 12.3. The zero-order valence-corrected chi connectivity index (χ0v) is 21.2. The van der Waals surface area contributed by atoms with Gasteiger partial charge in [-0.05, 0) is 73.0 Å². The van der Waals surface area contributed by atoms with E-state index in [9.17, 15) is 22.8 Å². The number of benzene rings is 1. The lowest BCUT2D eigenvalue weighted by atomic mass is 9.84. The van der Waals surface area contributed by atoms with Crippen molar-refractivity contribution in [2.45, 2.75) is 31.4 Å². The van der Waals surface area contributed by atoms with Gasteiger partial charge in [0, 0.05) is 18.1 Å². The molecule has 0 amide bonds. The van der Waals surface area contributed by atoms with Gasteiger partial charge in [-0.25, -0.2) is 15.0 Å². The third-order valence-corrected chi connectivity index (χ3v) is 6.41. The Labute approximate surface area is 224 Å². The highest BCUT2D eigenvalue weighted by Gasteiger charge is 2.35. The number of anilines is 2. The van der Waals surface area contributed by atoms with Gasteiger partial charge in [0.15, 0.2) is 0 Å². The van der Waals surface area contributed by atoms with Crippen LogP contribution in [0.15, 0.2) is 48.8 Å². The minimum atomic E-state index is -4.72. The van der Waals surface area contributed by atoms with Crippen LogP contribution in [0.1, 0.15) is 46.8 Å². The van der Waals surface area contributed by atoms with E-state index >= 15 is 0 Å². The number of pyridine rings is 1. The van der Waals surface area contributed by atoms with Gasteiger partial charge in [-0.1, -0.05) is 18.2 Å². The number of esters is 1. The van der Waals surface area contributed by atoms with Crippen LogP contribution >= 0.6 is 0 Å². The van der Waals surface area contributed by atoms with Crippen LogP contribution < -0.4 is 5.32 Å². The molecule has 0 aliphatic carbocycles. The largest absolute Gasteiger partial charge is 0.469 e. The van der Waals surface area contributed by atoms with Gasteiger partial charge in [0.25, 0.3) is 7.41 Å². The molecule has 1 aromatic carbocycles. The first-order chi connectivity index (χ1) is 18.8. The maximum absolute atomic E-state index is 13.7. The number of rotatable bonds is 7. The Bertz CT molecular complexity index is 1380. The minimum Gasteiger partial charge on any atom is -0.469 e. The fourth-order valence-electron chi connectivity index (χ4n) is 4.31. The molecule has 1 saturated heterocycles. The number of nitrogens with one attached hydrogen (secondary N) is 1. The quantitative estimate of drug-likeness (QED) is 0.213. The molecule has 1 aliphatic rings. The van der Waals surface area contributed by atoms with Crippen LogP contribution in [-0.4, -0.2) is 59.5 Å². The van der Waals surface area contributed by atoms with Crippen molar-refractivity contribution in [2.75, 3.05) is 25.5 Å². The number of halogens is 3. The van der Waals surface area contributed by atoms with Gasteiger partial charge in [-0.15, -0.1) is 0 Å². The van der Waals surface area contributed by atoms with Gasteiger partial charge in [-0.2, -0.15) is 13.2 Å². The number of methoxy groups -OCH3 is 1. The molecule has 0 atom stereocenters. The Morgan fingerprint density at radius 2 is 1.87 bits per heavy atom. The number of hydrogen-bond donors (Lipinski definition) is 1. The van der Waals surface area contributed by atoms with Crippen molar-refractivity contribution in [3.05, 3.63) is 76.9 Å².